The zero-order chi connectivity index (χ0) is 11.3. The Bertz CT molecular complexity index is 584. The van der Waals surface area contributed by atoms with E-state index in [0.717, 1.165) is 18.7 Å². The van der Waals surface area contributed by atoms with Crippen LogP contribution in [-0.4, -0.2) is 20.5 Å². The van der Waals surface area contributed by atoms with E-state index in [-0.39, 0.29) is 5.69 Å². The van der Waals surface area contributed by atoms with Crippen molar-refractivity contribution in [3.8, 4) is 0 Å². The van der Waals surface area contributed by atoms with Crippen LogP contribution in [0.15, 0.2) is 18.3 Å². The van der Waals surface area contributed by atoms with Crippen LogP contribution in [0.3, 0.4) is 0 Å². The third-order valence-corrected chi connectivity index (χ3v) is 2.87. The molecule has 3 N–H and O–H groups in total. The third kappa shape index (κ3) is 1.18. The van der Waals surface area contributed by atoms with Gasteiger partial charge in [0.25, 0.3) is 0 Å². The van der Waals surface area contributed by atoms with Crippen molar-refractivity contribution in [3.63, 3.8) is 0 Å². The highest BCUT2D eigenvalue weighted by molar-refractivity contribution is 5.97. The topological polar surface area (TPSA) is 80.6 Å². The van der Waals surface area contributed by atoms with Gasteiger partial charge in [-0.15, -0.1) is 0 Å². The highest BCUT2D eigenvalue weighted by atomic mass is 16.4. The maximum Gasteiger partial charge on any atom is 0.356 e. The summed E-state index contributed by atoms with van der Waals surface area (Å²) in [5.41, 5.74) is 6.83. The number of pyridine rings is 1. The van der Waals surface area contributed by atoms with Gasteiger partial charge in [0.1, 0.15) is 11.3 Å². The highest BCUT2D eigenvalue weighted by Crippen LogP contribution is 2.40. The van der Waals surface area contributed by atoms with Gasteiger partial charge in [0.05, 0.1) is 5.69 Å². The van der Waals surface area contributed by atoms with Crippen LogP contribution in [0.4, 0.5) is 5.69 Å². The molecular formula is C11H11N3O2. The number of hydrogen-bond acceptors (Lipinski definition) is 3. The molecule has 0 spiro atoms. The van der Waals surface area contributed by atoms with Gasteiger partial charge in [-0.2, -0.15) is 0 Å². The van der Waals surface area contributed by atoms with Crippen LogP contribution in [0.5, 0.6) is 0 Å². The van der Waals surface area contributed by atoms with Crippen molar-refractivity contribution in [3.05, 3.63) is 29.8 Å². The number of nitrogens with zero attached hydrogens (tertiary/aromatic N) is 2. The van der Waals surface area contributed by atoms with E-state index in [0.29, 0.717) is 17.1 Å². The standard InChI is InChI=1S/C11H11N3O2/c12-7-2-1-5-14-9(7)8(11(15)16)13-10(14)6-3-4-6/h1-2,5-6H,3-4,12H2,(H,15,16). The summed E-state index contributed by atoms with van der Waals surface area (Å²) < 4.78 is 1.80. The van der Waals surface area contributed by atoms with Crippen LogP contribution in [0.2, 0.25) is 0 Å². The molecule has 0 radical (unpaired) electrons. The van der Waals surface area contributed by atoms with Crippen molar-refractivity contribution in [2.75, 3.05) is 5.73 Å². The quantitative estimate of drug-likeness (QED) is 0.798. The van der Waals surface area contributed by atoms with Crippen molar-refractivity contribution in [2.24, 2.45) is 0 Å². The number of aromatic carboxylic acids is 1. The van der Waals surface area contributed by atoms with Crippen molar-refractivity contribution in [1.29, 1.82) is 0 Å². The van der Waals surface area contributed by atoms with E-state index < -0.39 is 5.97 Å². The molecule has 1 aliphatic rings. The monoisotopic (exact) mass is 217 g/mol. The van der Waals surface area contributed by atoms with Gasteiger partial charge in [0.2, 0.25) is 0 Å². The average Bonchev–Trinajstić information content (AvgIpc) is 2.99. The molecule has 2 aromatic rings. The Morgan fingerprint density at radius 1 is 1.56 bits per heavy atom. The van der Waals surface area contributed by atoms with Gasteiger partial charge in [-0.1, -0.05) is 0 Å². The lowest BCUT2D eigenvalue weighted by Gasteiger charge is -2.00. The minimum absolute atomic E-state index is 0.0556. The number of nitrogen functional groups attached to an aromatic ring is 1. The molecule has 0 aromatic carbocycles. The van der Waals surface area contributed by atoms with Crippen LogP contribution in [0, 0.1) is 0 Å². The predicted octanol–water partition coefficient (Wildman–Crippen LogP) is 1.49. The molecule has 5 heteroatoms. The van der Waals surface area contributed by atoms with Crippen molar-refractivity contribution < 1.29 is 9.90 Å². The predicted molar refractivity (Wildman–Crippen MR) is 58.5 cm³/mol. The second-order valence-electron chi connectivity index (χ2n) is 4.08. The summed E-state index contributed by atoms with van der Waals surface area (Å²) in [7, 11) is 0. The molecule has 5 nitrogen and oxygen atoms in total. The van der Waals surface area contributed by atoms with Crippen molar-refractivity contribution in [1.82, 2.24) is 9.38 Å². The van der Waals surface area contributed by atoms with Gasteiger partial charge < -0.3 is 15.2 Å². The first-order valence-electron chi connectivity index (χ1n) is 5.18. The SMILES string of the molecule is Nc1cccn2c(C3CC3)nc(C(=O)O)c12. The summed E-state index contributed by atoms with van der Waals surface area (Å²) in [4.78, 5) is 15.3. The molecule has 1 saturated carbocycles. The fourth-order valence-electron chi connectivity index (χ4n) is 1.97. The highest BCUT2D eigenvalue weighted by Gasteiger charge is 2.30. The molecule has 0 bridgehead atoms. The first-order valence-corrected chi connectivity index (χ1v) is 5.18. The lowest BCUT2D eigenvalue weighted by molar-refractivity contribution is 0.0693. The van der Waals surface area contributed by atoms with E-state index in [4.69, 9.17) is 10.8 Å². The van der Waals surface area contributed by atoms with E-state index in [1.165, 1.54) is 0 Å². The van der Waals surface area contributed by atoms with Gasteiger partial charge in [-0.05, 0) is 25.0 Å². The number of rotatable bonds is 2. The number of carbonyl (C=O) groups is 1. The third-order valence-electron chi connectivity index (χ3n) is 2.87. The number of fused-ring (bicyclic) bond motifs is 1. The number of carboxylic acid groups (broad SMARTS) is 1. The lowest BCUT2D eigenvalue weighted by Crippen LogP contribution is -2.00. The minimum atomic E-state index is -1.03. The maximum atomic E-state index is 11.1. The van der Waals surface area contributed by atoms with E-state index >= 15 is 0 Å². The Hall–Kier alpha value is -2.04. The van der Waals surface area contributed by atoms with Crippen LogP contribution >= 0.6 is 0 Å². The summed E-state index contributed by atoms with van der Waals surface area (Å²) in [6, 6.07) is 3.50. The molecule has 0 amide bonds. The number of hydrogen-bond donors (Lipinski definition) is 2. The molecule has 0 unspecified atom stereocenters. The minimum Gasteiger partial charge on any atom is -0.476 e. The number of nitrogens with two attached hydrogens (primary N) is 1. The van der Waals surface area contributed by atoms with Crippen LogP contribution in [0.25, 0.3) is 5.52 Å². The molecule has 0 aliphatic heterocycles. The van der Waals surface area contributed by atoms with Crippen molar-refractivity contribution in [2.45, 2.75) is 18.8 Å². The van der Waals surface area contributed by atoms with E-state index in [1.54, 1.807) is 10.5 Å². The zero-order valence-corrected chi connectivity index (χ0v) is 8.55. The molecular weight excluding hydrogens is 206 g/mol. The molecule has 3 rings (SSSR count). The second-order valence-corrected chi connectivity index (χ2v) is 4.08. The normalized spacial score (nSPS) is 15.5. The number of imidazole rings is 1. The second kappa shape index (κ2) is 2.98. The van der Waals surface area contributed by atoms with Gasteiger partial charge >= 0.3 is 5.97 Å². The molecule has 0 saturated heterocycles. The summed E-state index contributed by atoms with van der Waals surface area (Å²) in [5, 5.41) is 9.09. The van der Waals surface area contributed by atoms with Crippen LogP contribution in [-0.2, 0) is 0 Å². The van der Waals surface area contributed by atoms with E-state index in [2.05, 4.69) is 4.98 Å². The summed E-state index contributed by atoms with van der Waals surface area (Å²) >= 11 is 0. The fourth-order valence-corrected chi connectivity index (χ4v) is 1.97. The first-order chi connectivity index (χ1) is 7.68. The van der Waals surface area contributed by atoms with Gasteiger partial charge in [-0.25, -0.2) is 9.78 Å². The first kappa shape index (κ1) is 9.21. The largest absolute Gasteiger partial charge is 0.476 e. The zero-order valence-electron chi connectivity index (χ0n) is 8.55. The summed E-state index contributed by atoms with van der Waals surface area (Å²) in [5.74, 6) is 0.185. The Kier molecular flexibility index (Phi) is 1.71. The lowest BCUT2D eigenvalue weighted by atomic mass is 10.3. The molecule has 2 heterocycles. The Balaban J connectivity index is 2.37. The van der Waals surface area contributed by atoms with E-state index in [9.17, 15) is 4.79 Å². The molecule has 16 heavy (non-hydrogen) atoms. The van der Waals surface area contributed by atoms with Crippen LogP contribution < -0.4 is 5.73 Å². The molecule has 1 aliphatic carbocycles. The molecule has 82 valence electrons. The number of carboxylic acids is 1. The smallest absolute Gasteiger partial charge is 0.356 e. The summed E-state index contributed by atoms with van der Waals surface area (Å²) in [6.45, 7) is 0. The fraction of sp³-hybridized carbons (Fsp3) is 0.273. The molecule has 1 fully saturated rings. The van der Waals surface area contributed by atoms with E-state index in [1.807, 2.05) is 12.3 Å². The number of anilines is 1. The number of aromatic nitrogens is 2. The van der Waals surface area contributed by atoms with Gasteiger partial charge in [0.15, 0.2) is 5.69 Å². The van der Waals surface area contributed by atoms with Crippen LogP contribution in [0.1, 0.15) is 35.1 Å². The molecule has 0 atom stereocenters. The Morgan fingerprint density at radius 3 is 2.94 bits per heavy atom. The Labute approximate surface area is 91.5 Å². The van der Waals surface area contributed by atoms with Crippen molar-refractivity contribution >= 4 is 17.2 Å². The maximum absolute atomic E-state index is 11.1. The van der Waals surface area contributed by atoms with Gasteiger partial charge in [-0.3, -0.25) is 0 Å². The molecule has 2 aromatic heterocycles. The Morgan fingerprint density at radius 2 is 2.31 bits per heavy atom. The van der Waals surface area contributed by atoms with Gasteiger partial charge in [0, 0.05) is 12.1 Å². The average molecular weight is 217 g/mol. The summed E-state index contributed by atoms with van der Waals surface area (Å²) in [6.07, 6.45) is 3.97.